The fourth-order valence-electron chi connectivity index (χ4n) is 2.98. The third kappa shape index (κ3) is 2.01. The van der Waals surface area contributed by atoms with Crippen LogP contribution < -0.4 is 5.32 Å². The van der Waals surface area contributed by atoms with Crippen LogP contribution in [0.25, 0.3) is 0 Å². The zero-order chi connectivity index (χ0) is 14.3. The van der Waals surface area contributed by atoms with E-state index < -0.39 is 17.6 Å². The second kappa shape index (κ2) is 4.82. The summed E-state index contributed by atoms with van der Waals surface area (Å²) in [6.45, 7) is 0. The number of aliphatic hydroxyl groups is 1. The molecule has 4 nitrogen and oxygen atoms in total. The summed E-state index contributed by atoms with van der Waals surface area (Å²) in [5.41, 5.74) is -0.246. The number of carbonyl (C=O) groups excluding carboxylic acids is 2. The highest BCUT2D eigenvalue weighted by molar-refractivity contribution is 9.11. The molecule has 5 heteroatoms. The van der Waals surface area contributed by atoms with Crippen molar-refractivity contribution in [2.24, 2.45) is 5.92 Å². The van der Waals surface area contributed by atoms with Crippen molar-refractivity contribution in [2.45, 2.75) is 24.5 Å². The van der Waals surface area contributed by atoms with E-state index in [0.29, 0.717) is 4.48 Å². The smallest absolute Gasteiger partial charge is 0.170 e. The van der Waals surface area contributed by atoms with Gasteiger partial charge in [0.1, 0.15) is 11.3 Å². The van der Waals surface area contributed by atoms with Crippen LogP contribution in [-0.4, -0.2) is 28.3 Å². The number of ketones is 2. The van der Waals surface area contributed by atoms with Crippen LogP contribution in [0.3, 0.4) is 0 Å². The molecule has 3 rings (SSSR count). The van der Waals surface area contributed by atoms with Crippen molar-refractivity contribution in [1.29, 1.82) is 0 Å². The number of para-hydroxylation sites is 1. The molecule has 3 atom stereocenters. The normalized spacial score (nSPS) is 32.8. The van der Waals surface area contributed by atoms with Crippen LogP contribution >= 0.6 is 15.9 Å². The van der Waals surface area contributed by atoms with Crippen LogP contribution in [0.5, 0.6) is 0 Å². The van der Waals surface area contributed by atoms with Crippen molar-refractivity contribution in [3.05, 3.63) is 40.9 Å². The van der Waals surface area contributed by atoms with Gasteiger partial charge in [-0.25, -0.2) is 0 Å². The van der Waals surface area contributed by atoms with Gasteiger partial charge in [-0.2, -0.15) is 0 Å². The molecule has 0 aromatic heterocycles. The monoisotopic (exact) mass is 335 g/mol. The number of nitrogens with one attached hydrogen (secondary N) is 1. The van der Waals surface area contributed by atoms with E-state index in [0.717, 1.165) is 5.69 Å². The van der Waals surface area contributed by atoms with Crippen molar-refractivity contribution in [1.82, 2.24) is 0 Å². The van der Waals surface area contributed by atoms with Crippen molar-refractivity contribution in [3.8, 4) is 0 Å². The molecule has 2 N–H and O–H groups in total. The van der Waals surface area contributed by atoms with Crippen LogP contribution in [0, 0.1) is 5.92 Å². The van der Waals surface area contributed by atoms with Gasteiger partial charge >= 0.3 is 0 Å². The first-order valence-electron chi connectivity index (χ1n) is 6.48. The Morgan fingerprint density at radius 1 is 1.25 bits per heavy atom. The van der Waals surface area contributed by atoms with Crippen LogP contribution in [0.4, 0.5) is 5.69 Å². The summed E-state index contributed by atoms with van der Waals surface area (Å²) in [4.78, 5) is 24.4. The van der Waals surface area contributed by atoms with Gasteiger partial charge in [-0.1, -0.05) is 34.1 Å². The maximum atomic E-state index is 12.4. The minimum absolute atomic E-state index is 0.0754. The highest BCUT2D eigenvalue weighted by Gasteiger charge is 2.56. The molecule has 0 bridgehead atoms. The zero-order valence-electron chi connectivity index (χ0n) is 10.7. The average Bonchev–Trinajstić information content (AvgIpc) is 2.64. The lowest BCUT2D eigenvalue weighted by Crippen LogP contribution is -2.51. The second-order valence-corrected chi connectivity index (χ2v) is 6.18. The molecule has 0 amide bonds. The fraction of sp³-hybridized carbons (Fsp3) is 0.333. The van der Waals surface area contributed by atoms with Crippen molar-refractivity contribution in [2.75, 3.05) is 5.32 Å². The van der Waals surface area contributed by atoms with Gasteiger partial charge in [0.15, 0.2) is 5.78 Å². The summed E-state index contributed by atoms with van der Waals surface area (Å²) in [7, 11) is 0. The Hall–Kier alpha value is -1.46. The lowest BCUT2D eigenvalue weighted by atomic mass is 9.77. The fourth-order valence-corrected chi connectivity index (χ4v) is 3.53. The number of fused-ring (bicyclic) bond motifs is 1. The Labute approximate surface area is 125 Å². The number of benzene rings is 1. The summed E-state index contributed by atoms with van der Waals surface area (Å²) >= 11 is 3.29. The Morgan fingerprint density at radius 3 is 2.65 bits per heavy atom. The maximum Gasteiger partial charge on any atom is 0.170 e. The minimum atomic E-state index is -1.03. The van der Waals surface area contributed by atoms with Gasteiger partial charge in [-0.15, -0.1) is 0 Å². The summed E-state index contributed by atoms with van der Waals surface area (Å²) in [5, 5.41) is 13.1. The molecule has 0 spiro atoms. The molecule has 0 radical (unpaired) electrons. The molecule has 2 aliphatic carbocycles. The van der Waals surface area contributed by atoms with Crippen LogP contribution in [0.15, 0.2) is 40.9 Å². The Morgan fingerprint density at radius 2 is 1.95 bits per heavy atom. The highest BCUT2D eigenvalue weighted by Crippen LogP contribution is 2.43. The quantitative estimate of drug-likeness (QED) is 0.811. The van der Waals surface area contributed by atoms with Gasteiger partial charge in [0, 0.05) is 10.2 Å². The minimum Gasteiger partial charge on any atom is -0.388 e. The van der Waals surface area contributed by atoms with Gasteiger partial charge in [0.05, 0.1) is 18.4 Å². The molecule has 20 heavy (non-hydrogen) atoms. The van der Waals surface area contributed by atoms with E-state index in [4.69, 9.17) is 0 Å². The third-order valence-corrected chi connectivity index (χ3v) is 4.76. The third-order valence-electron chi connectivity index (χ3n) is 4.00. The van der Waals surface area contributed by atoms with E-state index in [-0.39, 0.29) is 24.4 Å². The summed E-state index contributed by atoms with van der Waals surface area (Å²) < 4.78 is 0.556. The van der Waals surface area contributed by atoms with E-state index in [1.165, 1.54) is 0 Å². The summed E-state index contributed by atoms with van der Waals surface area (Å²) in [6, 6.07) is 9.33. The average molecular weight is 336 g/mol. The van der Waals surface area contributed by atoms with Gasteiger partial charge in [-0.3, -0.25) is 9.59 Å². The number of hydrogen-bond donors (Lipinski definition) is 2. The van der Waals surface area contributed by atoms with Crippen LogP contribution in [-0.2, 0) is 9.59 Å². The molecular formula is C15H14BrNO3. The standard InChI is InChI=1S/C15H14BrNO3/c16-11-8-15(17-9-4-2-1-3-5-9)10(6-13(11)19)12(18)7-14(15)20/h1-5,8,10,13,17,19H,6-7H2/t10-,13-,15+/m0/s1. The molecule has 0 saturated heterocycles. The highest BCUT2D eigenvalue weighted by atomic mass is 79.9. The largest absolute Gasteiger partial charge is 0.388 e. The van der Waals surface area contributed by atoms with Crippen LogP contribution in [0.1, 0.15) is 12.8 Å². The van der Waals surface area contributed by atoms with Gasteiger partial charge in [0.25, 0.3) is 0 Å². The SMILES string of the molecule is O=C1CC(=O)[C@@]2(Nc3ccccc3)C=C(Br)[C@@H](O)C[C@@H]12. The first-order chi connectivity index (χ1) is 9.53. The molecule has 2 aliphatic rings. The molecule has 0 unspecified atom stereocenters. The first-order valence-corrected chi connectivity index (χ1v) is 7.28. The molecule has 0 heterocycles. The first kappa shape index (κ1) is 13.5. The van der Waals surface area contributed by atoms with E-state index in [2.05, 4.69) is 21.2 Å². The van der Waals surface area contributed by atoms with Crippen molar-refractivity contribution in [3.63, 3.8) is 0 Å². The van der Waals surface area contributed by atoms with E-state index >= 15 is 0 Å². The molecule has 104 valence electrons. The molecule has 0 aliphatic heterocycles. The van der Waals surface area contributed by atoms with E-state index in [1.54, 1.807) is 6.08 Å². The summed E-state index contributed by atoms with van der Waals surface area (Å²) in [5.74, 6) is -0.750. The van der Waals surface area contributed by atoms with Gasteiger partial charge < -0.3 is 10.4 Å². The Balaban J connectivity index is 2.05. The Kier molecular flexibility index (Phi) is 3.26. The lowest BCUT2D eigenvalue weighted by molar-refractivity contribution is -0.123. The molecule has 1 aromatic rings. The molecule has 1 aromatic carbocycles. The van der Waals surface area contributed by atoms with Crippen molar-refractivity contribution >= 4 is 33.2 Å². The summed E-state index contributed by atoms with van der Waals surface area (Å²) in [6.07, 6.45) is 1.13. The number of anilines is 1. The molecule has 1 saturated carbocycles. The predicted octanol–water partition coefficient (Wildman–Crippen LogP) is 2.04. The van der Waals surface area contributed by atoms with Crippen molar-refractivity contribution < 1.29 is 14.7 Å². The second-order valence-electron chi connectivity index (χ2n) is 5.26. The van der Waals surface area contributed by atoms with Gasteiger partial charge in [-0.05, 0) is 24.6 Å². The molecular weight excluding hydrogens is 322 g/mol. The Bertz CT molecular complexity index is 598. The van der Waals surface area contributed by atoms with Gasteiger partial charge in [0.2, 0.25) is 0 Å². The van der Waals surface area contributed by atoms with E-state index in [9.17, 15) is 14.7 Å². The van der Waals surface area contributed by atoms with Crippen LogP contribution in [0.2, 0.25) is 0 Å². The number of Topliss-reactive ketones (excluding diaryl/α,β-unsaturated/α-hetero) is 2. The number of aliphatic hydroxyl groups excluding tert-OH is 1. The number of hydrogen-bond acceptors (Lipinski definition) is 4. The number of carbonyl (C=O) groups is 2. The maximum absolute atomic E-state index is 12.4. The lowest BCUT2D eigenvalue weighted by Gasteiger charge is -2.37. The molecule has 1 fully saturated rings. The zero-order valence-corrected chi connectivity index (χ0v) is 12.3. The number of halogens is 1. The number of rotatable bonds is 2. The predicted molar refractivity (Wildman–Crippen MR) is 78.6 cm³/mol. The topological polar surface area (TPSA) is 66.4 Å². The van der Waals surface area contributed by atoms with E-state index in [1.807, 2.05) is 30.3 Å².